The SMILES string of the molecule is CC1OC(OC2C(Oc3cc(=O)n(C)c4ccccc34)OC(CO)C(O)C2O)C(O)C(O)C1O. The zero-order valence-corrected chi connectivity index (χ0v) is 18.5. The highest BCUT2D eigenvalue weighted by atomic mass is 16.8. The van der Waals surface area contributed by atoms with E-state index in [0.717, 1.165) is 0 Å². The van der Waals surface area contributed by atoms with Crippen LogP contribution in [0.15, 0.2) is 35.1 Å². The molecule has 12 nitrogen and oxygen atoms in total. The van der Waals surface area contributed by atoms with Gasteiger partial charge in [0.1, 0.15) is 42.4 Å². The number of ether oxygens (including phenoxy) is 4. The average molecular weight is 483 g/mol. The number of hydrogen-bond acceptors (Lipinski definition) is 11. The number of nitrogens with zero attached hydrogens (tertiary/aromatic N) is 1. The lowest BCUT2D eigenvalue weighted by Crippen LogP contribution is -2.64. The van der Waals surface area contributed by atoms with E-state index in [1.807, 2.05) is 0 Å². The van der Waals surface area contributed by atoms with Gasteiger partial charge in [0, 0.05) is 18.5 Å². The van der Waals surface area contributed by atoms with E-state index < -0.39 is 68.0 Å². The zero-order valence-electron chi connectivity index (χ0n) is 18.5. The van der Waals surface area contributed by atoms with Gasteiger partial charge in [-0.05, 0) is 19.1 Å². The van der Waals surface area contributed by atoms with Crippen LogP contribution in [0.1, 0.15) is 6.92 Å². The molecule has 0 amide bonds. The molecular weight excluding hydrogens is 454 g/mol. The van der Waals surface area contributed by atoms with E-state index in [1.165, 1.54) is 17.6 Å². The van der Waals surface area contributed by atoms with Crippen molar-refractivity contribution < 1.29 is 49.6 Å². The lowest BCUT2D eigenvalue weighted by Gasteiger charge is -2.45. The Labute approximate surface area is 194 Å². The molecule has 12 heteroatoms. The number of hydrogen-bond donors (Lipinski definition) is 6. The molecule has 6 N–H and O–H groups in total. The van der Waals surface area contributed by atoms with Crippen molar-refractivity contribution in [3.05, 3.63) is 40.7 Å². The second-order valence-corrected chi connectivity index (χ2v) is 8.53. The van der Waals surface area contributed by atoms with Crippen LogP contribution in [0.25, 0.3) is 10.9 Å². The van der Waals surface area contributed by atoms with E-state index in [2.05, 4.69) is 0 Å². The molecule has 2 fully saturated rings. The summed E-state index contributed by atoms with van der Waals surface area (Å²) in [7, 11) is 1.60. The first kappa shape index (κ1) is 25.0. The fraction of sp³-hybridized carbons (Fsp3) is 0.591. The van der Waals surface area contributed by atoms with Crippen molar-refractivity contribution in [1.82, 2.24) is 4.57 Å². The maximum absolute atomic E-state index is 12.5. The van der Waals surface area contributed by atoms with Gasteiger partial charge in [-0.2, -0.15) is 0 Å². The Morgan fingerprint density at radius 3 is 2.35 bits per heavy atom. The predicted octanol–water partition coefficient (Wildman–Crippen LogP) is -2.43. The predicted molar refractivity (Wildman–Crippen MR) is 115 cm³/mol. The summed E-state index contributed by atoms with van der Waals surface area (Å²) in [6, 6.07) is 8.14. The Bertz CT molecular complexity index is 1060. The highest BCUT2D eigenvalue weighted by Gasteiger charge is 2.50. The van der Waals surface area contributed by atoms with Gasteiger partial charge < -0.3 is 54.2 Å². The summed E-state index contributed by atoms with van der Waals surface area (Å²) in [5, 5.41) is 61.6. The lowest BCUT2D eigenvalue weighted by molar-refractivity contribution is -0.354. The molecule has 34 heavy (non-hydrogen) atoms. The van der Waals surface area contributed by atoms with E-state index in [-0.39, 0.29) is 11.3 Å². The summed E-state index contributed by atoms with van der Waals surface area (Å²) < 4.78 is 24.1. The number of rotatable bonds is 5. The molecule has 2 aromatic rings. The largest absolute Gasteiger partial charge is 0.461 e. The summed E-state index contributed by atoms with van der Waals surface area (Å²) >= 11 is 0. The van der Waals surface area contributed by atoms with Crippen molar-refractivity contribution >= 4 is 10.9 Å². The maximum atomic E-state index is 12.5. The van der Waals surface area contributed by atoms with Crippen molar-refractivity contribution in [1.29, 1.82) is 0 Å². The summed E-state index contributed by atoms with van der Waals surface area (Å²) in [6.45, 7) is 0.813. The van der Waals surface area contributed by atoms with E-state index in [4.69, 9.17) is 18.9 Å². The maximum Gasteiger partial charge on any atom is 0.254 e. The van der Waals surface area contributed by atoms with Gasteiger partial charge in [-0.25, -0.2) is 0 Å². The zero-order chi connectivity index (χ0) is 24.7. The van der Waals surface area contributed by atoms with Gasteiger partial charge in [-0.15, -0.1) is 0 Å². The highest BCUT2D eigenvalue weighted by Crippen LogP contribution is 2.32. The van der Waals surface area contributed by atoms with Crippen LogP contribution in [0.4, 0.5) is 0 Å². The van der Waals surface area contributed by atoms with E-state index in [9.17, 15) is 35.4 Å². The molecule has 1 aromatic carbocycles. The number of para-hydroxylation sites is 1. The van der Waals surface area contributed by atoms with Crippen LogP contribution >= 0.6 is 0 Å². The van der Waals surface area contributed by atoms with Gasteiger partial charge >= 0.3 is 0 Å². The van der Waals surface area contributed by atoms with Crippen LogP contribution in [0.3, 0.4) is 0 Å². The fourth-order valence-electron chi connectivity index (χ4n) is 4.18. The second kappa shape index (κ2) is 9.85. The Hall–Kier alpha value is -2.13. The van der Waals surface area contributed by atoms with Crippen LogP contribution in [0.5, 0.6) is 5.75 Å². The van der Waals surface area contributed by atoms with Crippen LogP contribution in [0.2, 0.25) is 0 Å². The molecule has 188 valence electrons. The Morgan fingerprint density at radius 1 is 0.941 bits per heavy atom. The summed E-state index contributed by atoms with van der Waals surface area (Å²) in [6.07, 6.45) is -14.5. The second-order valence-electron chi connectivity index (χ2n) is 8.53. The Kier molecular flexibility index (Phi) is 7.24. The van der Waals surface area contributed by atoms with Crippen molar-refractivity contribution in [3.8, 4) is 5.75 Å². The first-order chi connectivity index (χ1) is 16.1. The van der Waals surface area contributed by atoms with Gasteiger partial charge in [0.25, 0.3) is 5.56 Å². The van der Waals surface area contributed by atoms with Crippen LogP contribution < -0.4 is 10.3 Å². The Balaban J connectivity index is 1.67. The van der Waals surface area contributed by atoms with Gasteiger partial charge in [0.2, 0.25) is 6.29 Å². The lowest BCUT2D eigenvalue weighted by atomic mass is 9.97. The number of benzene rings is 1. The fourth-order valence-corrected chi connectivity index (χ4v) is 4.18. The molecule has 1 aromatic heterocycles. The van der Waals surface area contributed by atoms with E-state index >= 15 is 0 Å². The number of aryl methyl sites for hydroxylation is 1. The highest BCUT2D eigenvalue weighted by molar-refractivity contribution is 5.85. The molecule has 0 bridgehead atoms. The van der Waals surface area contributed by atoms with Crippen molar-refractivity contribution in [2.24, 2.45) is 7.05 Å². The molecule has 3 heterocycles. The molecule has 10 unspecified atom stereocenters. The van der Waals surface area contributed by atoms with E-state index in [1.54, 1.807) is 31.3 Å². The standard InChI is InChI=1S/C22H29NO11/c1-9-15(26)17(28)19(30)21(31-9)34-20-18(29)16(27)13(8-24)33-22(20)32-12-7-14(25)23(2)11-6-4-3-5-10(11)12/h3-7,9,13,15-22,24,26-30H,8H2,1-2H3. The normalized spacial score (nSPS) is 38.7. The molecule has 0 aliphatic carbocycles. The van der Waals surface area contributed by atoms with Crippen molar-refractivity contribution in [3.63, 3.8) is 0 Å². The molecule has 2 aliphatic rings. The molecule has 0 spiro atoms. The minimum Gasteiger partial charge on any atom is -0.461 e. The molecule has 2 aliphatic heterocycles. The number of pyridine rings is 1. The summed E-state index contributed by atoms with van der Waals surface area (Å²) in [5.41, 5.74) is 0.188. The summed E-state index contributed by atoms with van der Waals surface area (Å²) in [4.78, 5) is 12.5. The minimum atomic E-state index is -1.68. The van der Waals surface area contributed by atoms with Crippen molar-refractivity contribution in [2.75, 3.05) is 6.61 Å². The third kappa shape index (κ3) is 4.44. The quantitative estimate of drug-likeness (QED) is 0.266. The van der Waals surface area contributed by atoms with Gasteiger partial charge in [-0.1, -0.05) is 12.1 Å². The molecular formula is C22H29NO11. The van der Waals surface area contributed by atoms with Crippen molar-refractivity contribution in [2.45, 2.75) is 68.3 Å². The van der Waals surface area contributed by atoms with Crippen LogP contribution in [-0.2, 0) is 21.3 Å². The molecule has 0 saturated carbocycles. The van der Waals surface area contributed by atoms with Crippen LogP contribution in [-0.4, -0.2) is 103 Å². The third-order valence-electron chi connectivity index (χ3n) is 6.28. The topological polar surface area (TPSA) is 180 Å². The van der Waals surface area contributed by atoms with Gasteiger partial charge in [0.15, 0.2) is 12.4 Å². The smallest absolute Gasteiger partial charge is 0.254 e. The number of aliphatic hydroxyl groups is 6. The van der Waals surface area contributed by atoms with Crippen LogP contribution in [0, 0.1) is 0 Å². The monoisotopic (exact) mass is 483 g/mol. The average Bonchev–Trinajstić information content (AvgIpc) is 2.83. The summed E-state index contributed by atoms with van der Waals surface area (Å²) in [5.74, 6) is 0.103. The third-order valence-corrected chi connectivity index (χ3v) is 6.28. The molecule has 10 atom stereocenters. The minimum absolute atomic E-state index is 0.103. The Morgan fingerprint density at radius 2 is 1.65 bits per heavy atom. The van der Waals surface area contributed by atoms with Gasteiger partial charge in [-0.3, -0.25) is 4.79 Å². The number of fused-ring (bicyclic) bond motifs is 1. The van der Waals surface area contributed by atoms with E-state index in [0.29, 0.717) is 10.9 Å². The molecule has 2 saturated heterocycles. The van der Waals surface area contributed by atoms with Gasteiger partial charge in [0.05, 0.1) is 18.2 Å². The first-order valence-electron chi connectivity index (χ1n) is 10.9. The molecule has 4 rings (SSSR count). The number of aliphatic hydroxyl groups excluding tert-OH is 6. The first-order valence-corrected chi connectivity index (χ1v) is 10.9. The molecule has 0 radical (unpaired) electrons. The number of aromatic nitrogens is 1.